The van der Waals surface area contributed by atoms with Crippen LogP contribution in [-0.4, -0.2) is 60.0 Å². The molecule has 25 heavy (non-hydrogen) atoms. The van der Waals surface area contributed by atoms with E-state index in [4.69, 9.17) is 4.74 Å². The Hall–Kier alpha value is -1.77. The molecule has 144 valence electrons. The molecule has 0 aromatic heterocycles. The van der Waals surface area contributed by atoms with Crippen LogP contribution >= 0.6 is 0 Å². The van der Waals surface area contributed by atoms with Crippen LogP contribution in [0.2, 0.25) is 0 Å². The molecule has 0 spiro atoms. The zero-order valence-electron chi connectivity index (χ0n) is 14.4. The van der Waals surface area contributed by atoms with Crippen LogP contribution in [0.4, 0.5) is 13.2 Å². The molecule has 1 unspecified atom stereocenters. The maximum Gasteiger partial charge on any atom is 0.418 e. The summed E-state index contributed by atoms with van der Waals surface area (Å²) in [4.78, 5) is 24.8. The van der Waals surface area contributed by atoms with Gasteiger partial charge in [0.15, 0.2) is 5.60 Å². The lowest BCUT2D eigenvalue weighted by molar-refractivity contribution is -0.263. The van der Waals surface area contributed by atoms with Crippen molar-refractivity contribution < 1.29 is 37.3 Å². The molecule has 1 N–H and O–H groups in total. The molecular weight excluding hydrogens is 343 g/mol. The van der Waals surface area contributed by atoms with Gasteiger partial charge in [-0.2, -0.15) is 13.2 Å². The Morgan fingerprint density at radius 2 is 1.64 bits per heavy atom. The zero-order chi connectivity index (χ0) is 19.1. The van der Waals surface area contributed by atoms with Crippen molar-refractivity contribution in [3.05, 3.63) is 11.8 Å². The predicted molar refractivity (Wildman–Crippen MR) is 82.4 cm³/mol. The number of hydrogen-bond donors (Lipinski definition) is 1. The standard InChI is InChI=1S/C16H24F3NO5/c1-3-24-13(21)9-12(20-7-5-6-8-20)10-15(23,16(17,18)19)11-14(22)25-4-2/h9,23H,3-8,10-11H2,1-2H3/b12-9-. The molecule has 0 aliphatic carbocycles. The van der Waals surface area contributed by atoms with Gasteiger partial charge in [0, 0.05) is 31.3 Å². The van der Waals surface area contributed by atoms with Crippen molar-refractivity contribution in [2.45, 2.75) is 51.3 Å². The van der Waals surface area contributed by atoms with E-state index < -0.39 is 36.6 Å². The second-order valence-corrected chi connectivity index (χ2v) is 5.77. The average molecular weight is 367 g/mol. The smallest absolute Gasteiger partial charge is 0.418 e. The number of likely N-dealkylation sites (tertiary alicyclic amines) is 1. The second kappa shape index (κ2) is 9.07. The highest BCUT2D eigenvalue weighted by Gasteiger charge is 2.55. The van der Waals surface area contributed by atoms with Gasteiger partial charge >= 0.3 is 18.1 Å². The van der Waals surface area contributed by atoms with E-state index >= 15 is 0 Å². The number of esters is 2. The van der Waals surface area contributed by atoms with Gasteiger partial charge in [0.2, 0.25) is 0 Å². The first-order valence-corrected chi connectivity index (χ1v) is 8.20. The number of alkyl halides is 3. The van der Waals surface area contributed by atoms with Gasteiger partial charge in [0.05, 0.1) is 19.6 Å². The minimum atomic E-state index is -5.06. The van der Waals surface area contributed by atoms with Gasteiger partial charge in [-0.1, -0.05) is 0 Å². The van der Waals surface area contributed by atoms with E-state index in [-0.39, 0.29) is 18.9 Å². The first kappa shape index (κ1) is 21.3. The van der Waals surface area contributed by atoms with Gasteiger partial charge in [-0.25, -0.2) is 4.79 Å². The molecule has 9 heteroatoms. The summed E-state index contributed by atoms with van der Waals surface area (Å²) < 4.78 is 49.5. The first-order chi connectivity index (χ1) is 11.6. The van der Waals surface area contributed by atoms with Crippen LogP contribution in [0.3, 0.4) is 0 Å². The monoisotopic (exact) mass is 367 g/mol. The van der Waals surface area contributed by atoms with Gasteiger partial charge < -0.3 is 19.5 Å². The maximum absolute atomic E-state index is 13.4. The van der Waals surface area contributed by atoms with Crippen molar-refractivity contribution in [2.24, 2.45) is 0 Å². The minimum Gasteiger partial charge on any atom is -0.466 e. The van der Waals surface area contributed by atoms with Gasteiger partial charge in [-0.15, -0.1) is 0 Å². The predicted octanol–water partition coefficient (Wildman–Crippen LogP) is 2.17. The molecule has 0 amide bonds. The molecule has 1 aliphatic rings. The molecule has 6 nitrogen and oxygen atoms in total. The van der Waals surface area contributed by atoms with Gasteiger partial charge in [0.1, 0.15) is 0 Å². The Bertz CT molecular complexity index is 500. The minimum absolute atomic E-state index is 0.0000680. The number of hydrogen-bond acceptors (Lipinski definition) is 6. The first-order valence-electron chi connectivity index (χ1n) is 8.20. The third-order valence-corrected chi connectivity index (χ3v) is 3.83. The van der Waals surface area contributed by atoms with Crippen molar-refractivity contribution in [3.8, 4) is 0 Å². The van der Waals surface area contributed by atoms with Crippen molar-refractivity contribution in [1.82, 2.24) is 4.90 Å². The van der Waals surface area contributed by atoms with Crippen LogP contribution in [0, 0.1) is 0 Å². The quantitative estimate of drug-likeness (QED) is 0.523. The van der Waals surface area contributed by atoms with E-state index in [2.05, 4.69) is 4.74 Å². The Balaban J connectivity index is 3.09. The zero-order valence-corrected chi connectivity index (χ0v) is 14.4. The van der Waals surface area contributed by atoms with Crippen LogP contribution in [0.1, 0.15) is 39.5 Å². The molecule has 1 atom stereocenters. The van der Waals surface area contributed by atoms with E-state index in [1.165, 1.54) is 6.92 Å². The van der Waals surface area contributed by atoms with E-state index in [0.717, 1.165) is 18.9 Å². The summed E-state index contributed by atoms with van der Waals surface area (Å²) in [6.45, 7) is 3.96. The number of rotatable bonds is 8. The normalized spacial score (nSPS) is 18.0. The fourth-order valence-corrected chi connectivity index (χ4v) is 2.59. The van der Waals surface area contributed by atoms with E-state index in [1.54, 1.807) is 11.8 Å². The summed E-state index contributed by atoms with van der Waals surface area (Å²) in [6, 6.07) is 0. The third-order valence-electron chi connectivity index (χ3n) is 3.83. The summed E-state index contributed by atoms with van der Waals surface area (Å²) in [5, 5.41) is 10.2. The number of carbonyl (C=O) groups is 2. The number of ether oxygens (including phenoxy) is 2. The molecule has 1 saturated heterocycles. The number of nitrogens with zero attached hydrogens (tertiary/aromatic N) is 1. The molecule has 1 fully saturated rings. The molecule has 1 aliphatic heterocycles. The van der Waals surface area contributed by atoms with Crippen LogP contribution in [0.5, 0.6) is 0 Å². The second-order valence-electron chi connectivity index (χ2n) is 5.77. The number of aliphatic hydroxyl groups is 1. The van der Waals surface area contributed by atoms with E-state index in [1.807, 2.05) is 0 Å². The summed E-state index contributed by atoms with van der Waals surface area (Å²) in [7, 11) is 0. The third kappa shape index (κ3) is 6.22. The van der Waals surface area contributed by atoms with E-state index in [9.17, 15) is 27.9 Å². The highest BCUT2D eigenvalue weighted by Crippen LogP contribution is 2.39. The van der Waals surface area contributed by atoms with Crippen LogP contribution in [0.15, 0.2) is 11.8 Å². The molecule has 0 bridgehead atoms. The fraction of sp³-hybridized carbons (Fsp3) is 0.750. The van der Waals surface area contributed by atoms with Crippen molar-refractivity contribution in [1.29, 1.82) is 0 Å². The molecule has 0 aromatic rings. The van der Waals surface area contributed by atoms with Gasteiger partial charge in [0.25, 0.3) is 0 Å². The fourth-order valence-electron chi connectivity index (χ4n) is 2.59. The van der Waals surface area contributed by atoms with Crippen molar-refractivity contribution in [3.63, 3.8) is 0 Å². The van der Waals surface area contributed by atoms with Crippen LogP contribution in [-0.2, 0) is 19.1 Å². The molecule has 1 rings (SSSR count). The van der Waals surface area contributed by atoms with Crippen molar-refractivity contribution in [2.75, 3.05) is 26.3 Å². The molecule has 0 saturated carbocycles. The largest absolute Gasteiger partial charge is 0.466 e. The number of halogens is 3. The van der Waals surface area contributed by atoms with Gasteiger partial charge in [-0.3, -0.25) is 4.79 Å². The Morgan fingerprint density at radius 1 is 1.08 bits per heavy atom. The van der Waals surface area contributed by atoms with Crippen molar-refractivity contribution >= 4 is 11.9 Å². The Morgan fingerprint density at radius 3 is 2.12 bits per heavy atom. The number of carbonyl (C=O) groups excluding carboxylic acids is 2. The lowest BCUT2D eigenvalue weighted by atomic mass is 9.92. The summed E-state index contributed by atoms with van der Waals surface area (Å²) >= 11 is 0. The topological polar surface area (TPSA) is 76.1 Å². The summed E-state index contributed by atoms with van der Waals surface area (Å²) in [6.07, 6.45) is -4.73. The average Bonchev–Trinajstić information content (AvgIpc) is 2.99. The maximum atomic E-state index is 13.4. The summed E-state index contributed by atoms with van der Waals surface area (Å²) in [5.41, 5.74) is -3.32. The highest BCUT2D eigenvalue weighted by molar-refractivity contribution is 5.82. The van der Waals surface area contributed by atoms with Gasteiger partial charge in [-0.05, 0) is 26.7 Å². The summed E-state index contributed by atoms with van der Waals surface area (Å²) in [5.74, 6) is -1.94. The molecular formula is C16H24F3NO5. The molecule has 0 aromatic carbocycles. The van der Waals surface area contributed by atoms with Crippen LogP contribution in [0.25, 0.3) is 0 Å². The Kier molecular flexibility index (Phi) is 7.72. The lowest BCUT2D eigenvalue weighted by Gasteiger charge is -2.33. The van der Waals surface area contributed by atoms with E-state index in [0.29, 0.717) is 13.1 Å². The molecule has 0 radical (unpaired) electrons. The highest BCUT2D eigenvalue weighted by atomic mass is 19.4. The van der Waals surface area contributed by atoms with Crippen LogP contribution < -0.4 is 0 Å². The SMILES string of the molecule is CCOC(=O)/C=C(/CC(O)(CC(=O)OCC)C(F)(F)F)N1CCCC1. The Labute approximate surface area is 144 Å². The lowest BCUT2D eigenvalue weighted by Crippen LogP contribution is -2.48. The molecule has 1 heterocycles.